The zero-order valence-electron chi connectivity index (χ0n) is 9.18. The highest BCUT2D eigenvalue weighted by atomic mass is 16.1. The highest BCUT2D eigenvalue weighted by Crippen LogP contribution is 2.13. The smallest absolute Gasteiger partial charge is 0.255 e. The highest BCUT2D eigenvalue weighted by molar-refractivity contribution is 5.59. The Labute approximate surface area is 94.5 Å². The van der Waals surface area contributed by atoms with Gasteiger partial charge in [-0.2, -0.15) is 0 Å². The number of benzene rings is 1. The van der Waals surface area contributed by atoms with E-state index in [2.05, 4.69) is 6.58 Å². The predicted molar refractivity (Wildman–Crippen MR) is 66.9 cm³/mol. The molecular formula is C14H13NO. The Kier molecular flexibility index (Phi) is 2.73. The van der Waals surface area contributed by atoms with Gasteiger partial charge < -0.3 is 0 Å². The molecule has 0 saturated carbocycles. The van der Waals surface area contributed by atoms with Crippen molar-refractivity contribution in [2.45, 2.75) is 6.92 Å². The summed E-state index contributed by atoms with van der Waals surface area (Å²) in [6.07, 6.45) is 3.59. The highest BCUT2D eigenvalue weighted by Gasteiger charge is 2.02. The van der Waals surface area contributed by atoms with Crippen LogP contribution in [0.25, 0.3) is 11.8 Å². The first-order valence-electron chi connectivity index (χ1n) is 5.13. The van der Waals surface area contributed by atoms with E-state index in [1.54, 1.807) is 16.7 Å². The molecule has 2 nitrogen and oxygen atoms in total. The van der Waals surface area contributed by atoms with Crippen LogP contribution in [-0.4, -0.2) is 4.57 Å². The minimum atomic E-state index is -0.0279. The van der Waals surface area contributed by atoms with Gasteiger partial charge in [0.25, 0.3) is 5.56 Å². The number of rotatable bonds is 2. The lowest BCUT2D eigenvalue weighted by molar-refractivity contribution is 0.974. The fraction of sp³-hybridized carbons (Fsp3) is 0.0714. The molecule has 0 aliphatic carbocycles. The van der Waals surface area contributed by atoms with Crippen molar-refractivity contribution in [2.75, 3.05) is 0 Å². The summed E-state index contributed by atoms with van der Waals surface area (Å²) in [7, 11) is 0. The molecule has 0 bridgehead atoms. The number of nitrogens with zero attached hydrogens (tertiary/aromatic N) is 1. The predicted octanol–water partition coefficient (Wildman–Crippen LogP) is 2.79. The van der Waals surface area contributed by atoms with Crippen LogP contribution in [0, 0.1) is 6.92 Å². The van der Waals surface area contributed by atoms with E-state index >= 15 is 0 Å². The maximum Gasteiger partial charge on any atom is 0.255 e. The van der Waals surface area contributed by atoms with Crippen LogP contribution < -0.4 is 5.56 Å². The van der Waals surface area contributed by atoms with Crippen LogP contribution in [0.2, 0.25) is 0 Å². The molecular weight excluding hydrogens is 198 g/mol. The SMILES string of the molecule is C=Cc1ccccc1-n1cc(C)ccc1=O. The lowest BCUT2D eigenvalue weighted by Crippen LogP contribution is -2.17. The van der Waals surface area contributed by atoms with Crippen LogP contribution in [-0.2, 0) is 0 Å². The van der Waals surface area contributed by atoms with Gasteiger partial charge in [0.2, 0.25) is 0 Å². The third-order valence-corrected chi connectivity index (χ3v) is 2.48. The van der Waals surface area contributed by atoms with Gasteiger partial charge in [-0.05, 0) is 24.1 Å². The average molecular weight is 211 g/mol. The van der Waals surface area contributed by atoms with E-state index in [1.807, 2.05) is 43.5 Å². The molecule has 2 aromatic rings. The Morgan fingerprint density at radius 1 is 1.19 bits per heavy atom. The first kappa shape index (κ1) is 10.4. The third-order valence-electron chi connectivity index (χ3n) is 2.48. The summed E-state index contributed by atoms with van der Waals surface area (Å²) in [5.41, 5.74) is 2.85. The maximum atomic E-state index is 11.8. The fourth-order valence-electron chi connectivity index (χ4n) is 1.66. The molecule has 1 aromatic carbocycles. The van der Waals surface area contributed by atoms with E-state index in [0.29, 0.717) is 0 Å². The summed E-state index contributed by atoms with van der Waals surface area (Å²) >= 11 is 0. The van der Waals surface area contributed by atoms with Gasteiger partial charge in [0.1, 0.15) is 0 Å². The van der Waals surface area contributed by atoms with Crippen LogP contribution in [0.1, 0.15) is 11.1 Å². The van der Waals surface area contributed by atoms with Gasteiger partial charge in [-0.3, -0.25) is 9.36 Å². The lowest BCUT2D eigenvalue weighted by Gasteiger charge is -2.09. The molecule has 0 radical (unpaired) electrons. The molecule has 0 N–H and O–H groups in total. The van der Waals surface area contributed by atoms with Crippen molar-refractivity contribution >= 4 is 6.08 Å². The van der Waals surface area contributed by atoms with Gasteiger partial charge in [0.05, 0.1) is 5.69 Å². The first-order chi connectivity index (χ1) is 7.72. The summed E-state index contributed by atoms with van der Waals surface area (Å²) in [6, 6.07) is 11.1. The van der Waals surface area contributed by atoms with Gasteiger partial charge in [0, 0.05) is 12.3 Å². The second kappa shape index (κ2) is 4.19. The van der Waals surface area contributed by atoms with Gasteiger partial charge in [-0.25, -0.2) is 0 Å². The number of hydrogen-bond acceptors (Lipinski definition) is 1. The number of aryl methyl sites for hydroxylation is 1. The van der Waals surface area contributed by atoms with Crippen molar-refractivity contribution in [1.82, 2.24) is 4.57 Å². The molecule has 0 aliphatic heterocycles. The van der Waals surface area contributed by atoms with Crippen molar-refractivity contribution in [3.63, 3.8) is 0 Å². The lowest BCUT2D eigenvalue weighted by atomic mass is 10.1. The molecule has 1 aromatic heterocycles. The fourth-order valence-corrected chi connectivity index (χ4v) is 1.66. The Morgan fingerprint density at radius 3 is 2.69 bits per heavy atom. The molecule has 0 spiro atoms. The van der Waals surface area contributed by atoms with E-state index in [-0.39, 0.29) is 5.56 Å². The van der Waals surface area contributed by atoms with Crippen LogP contribution in [0.5, 0.6) is 0 Å². The van der Waals surface area contributed by atoms with Crippen LogP contribution in [0.15, 0.2) is 54.0 Å². The molecule has 2 heteroatoms. The second-order valence-corrected chi connectivity index (χ2v) is 3.68. The minimum Gasteiger partial charge on any atom is -0.283 e. The quantitative estimate of drug-likeness (QED) is 0.748. The monoisotopic (exact) mass is 211 g/mol. The van der Waals surface area contributed by atoms with E-state index in [4.69, 9.17) is 0 Å². The Bertz CT molecular complexity index is 581. The molecule has 0 fully saturated rings. The van der Waals surface area contributed by atoms with Gasteiger partial charge in [-0.15, -0.1) is 0 Å². The molecule has 2 rings (SSSR count). The molecule has 0 atom stereocenters. The molecule has 0 saturated heterocycles. The van der Waals surface area contributed by atoms with E-state index in [0.717, 1.165) is 16.8 Å². The summed E-state index contributed by atoms with van der Waals surface area (Å²) in [4.78, 5) is 11.8. The molecule has 0 aliphatic rings. The van der Waals surface area contributed by atoms with Crippen molar-refractivity contribution in [3.05, 3.63) is 70.7 Å². The maximum absolute atomic E-state index is 11.8. The number of para-hydroxylation sites is 1. The average Bonchev–Trinajstić information content (AvgIpc) is 2.32. The van der Waals surface area contributed by atoms with Crippen LogP contribution >= 0.6 is 0 Å². The van der Waals surface area contributed by atoms with E-state index in [9.17, 15) is 4.79 Å². The molecule has 80 valence electrons. The summed E-state index contributed by atoms with van der Waals surface area (Å²) in [6.45, 7) is 5.72. The zero-order chi connectivity index (χ0) is 11.5. The van der Waals surface area contributed by atoms with Crippen molar-refractivity contribution in [3.8, 4) is 5.69 Å². The van der Waals surface area contributed by atoms with E-state index < -0.39 is 0 Å². The van der Waals surface area contributed by atoms with Gasteiger partial charge >= 0.3 is 0 Å². The zero-order valence-corrected chi connectivity index (χ0v) is 9.18. The van der Waals surface area contributed by atoms with E-state index in [1.165, 1.54) is 0 Å². The van der Waals surface area contributed by atoms with Crippen LogP contribution in [0.3, 0.4) is 0 Å². The van der Waals surface area contributed by atoms with Gasteiger partial charge in [-0.1, -0.05) is 36.9 Å². The molecule has 0 amide bonds. The summed E-state index contributed by atoms with van der Waals surface area (Å²) < 4.78 is 1.65. The molecule has 16 heavy (non-hydrogen) atoms. The molecule has 0 unspecified atom stereocenters. The topological polar surface area (TPSA) is 22.0 Å². The van der Waals surface area contributed by atoms with Gasteiger partial charge in [0.15, 0.2) is 0 Å². The third kappa shape index (κ3) is 1.82. The first-order valence-corrected chi connectivity index (χ1v) is 5.13. The Morgan fingerprint density at radius 2 is 1.94 bits per heavy atom. The molecule has 1 heterocycles. The second-order valence-electron chi connectivity index (χ2n) is 3.68. The Balaban J connectivity index is 2.71. The summed E-state index contributed by atoms with van der Waals surface area (Å²) in [5.74, 6) is 0. The van der Waals surface area contributed by atoms with Crippen molar-refractivity contribution in [1.29, 1.82) is 0 Å². The van der Waals surface area contributed by atoms with Crippen LogP contribution in [0.4, 0.5) is 0 Å². The number of aromatic nitrogens is 1. The van der Waals surface area contributed by atoms with Crippen molar-refractivity contribution in [2.24, 2.45) is 0 Å². The standard InChI is InChI=1S/C14H13NO/c1-3-12-6-4-5-7-13(12)15-10-11(2)8-9-14(15)16/h3-10H,1H2,2H3. The summed E-state index contributed by atoms with van der Waals surface area (Å²) in [5, 5.41) is 0. The normalized spacial score (nSPS) is 10.1. The Hall–Kier alpha value is -2.09. The van der Waals surface area contributed by atoms with Crippen molar-refractivity contribution < 1.29 is 0 Å². The number of pyridine rings is 1. The number of hydrogen-bond donors (Lipinski definition) is 0. The minimum absolute atomic E-state index is 0.0279. The largest absolute Gasteiger partial charge is 0.283 e.